The first-order chi connectivity index (χ1) is 6.14. The summed E-state index contributed by atoms with van der Waals surface area (Å²) in [6.45, 7) is 14.5. The summed E-state index contributed by atoms with van der Waals surface area (Å²) in [6, 6.07) is 0. The van der Waals surface area contributed by atoms with Crippen LogP contribution in [0.4, 0.5) is 0 Å². The molecule has 1 radical (unpaired) electrons. The van der Waals surface area contributed by atoms with Crippen LogP contribution in [0.5, 0.6) is 0 Å². The molecule has 2 nitrogen and oxygen atoms in total. The highest BCUT2D eigenvalue weighted by atomic mass is 16.5. The Labute approximate surface area is 88.0 Å². The fraction of sp³-hybridized carbons (Fsp3) is 0.917. The minimum atomic E-state index is -0.00694. The summed E-state index contributed by atoms with van der Waals surface area (Å²) < 4.78 is 4.99. The van der Waals surface area contributed by atoms with Gasteiger partial charge in [0.15, 0.2) is 0 Å². The maximum Gasteiger partial charge on any atom is 0.417 e. The van der Waals surface area contributed by atoms with Crippen LogP contribution in [-0.4, -0.2) is 12.6 Å². The van der Waals surface area contributed by atoms with Crippen molar-refractivity contribution in [2.45, 2.75) is 60.5 Å². The van der Waals surface area contributed by atoms with Crippen molar-refractivity contribution in [3.63, 3.8) is 0 Å². The molecule has 0 saturated carbocycles. The molecule has 0 aliphatic heterocycles. The van der Waals surface area contributed by atoms with Gasteiger partial charge in [0.1, 0.15) is 6.10 Å². The van der Waals surface area contributed by atoms with E-state index in [-0.39, 0.29) is 16.9 Å². The van der Waals surface area contributed by atoms with E-state index in [1.54, 1.807) is 6.47 Å². The Kier molecular flexibility index (Phi) is 4.63. The zero-order chi connectivity index (χ0) is 11.4. The molecular formula is C12H23O2. The van der Waals surface area contributed by atoms with Gasteiger partial charge in [-0.2, -0.15) is 0 Å². The van der Waals surface area contributed by atoms with Gasteiger partial charge in [0.05, 0.1) is 0 Å². The monoisotopic (exact) mass is 199 g/mol. The predicted octanol–water partition coefficient (Wildman–Crippen LogP) is 3.31. The van der Waals surface area contributed by atoms with Crippen LogP contribution in [0.15, 0.2) is 0 Å². The Morgan fingerprint density at radius 2 is 1.36 bits per heavy atom. The Hall–Kier alpha value is -0.530. The minimum absolute atomic E-state index is 0.00694. The Bertz CT molecular complexity index is 156. The van der Waals surface area contributed by atoms with E-state index in [4.69, 9.17) is 4.74 Å². The van der Waals surface area contributed by atoms with Crippen molar-refractivity contribution >= 4 is 6.47 Å². The predicted molar refractivity (Wildman–Crippen MR) is 58.7 cm³/mol. The lowest BCUT2D eigenvalue weighted by Gasteiger charge is -2.29. The molecule has 0 amide bonds. The topological polar surface area (TPSA) is 26.3 Å². The van der Waals surface area contributed by atoms with Gasteiger partial charge in [-0.3, -0.25) is 0 Å². The van der Waals surface area contributed by atoms with E-state index in [0.717, 1.165) is 12.8 Å². The second-order valence-corrected chi connectivity index (χ2v) is 6.35. The Balaban J connectivity index is 4.23. The number of hydrogen-bond donors (Lipinski definition) is 0. The summed E-state index contributed by atoms with van der Waals surface area (Å²) >= 11 is 0. The van der Waals surface area contributed by atoms with Gasteiger partial charge >= 0.3 is 6.47 Å². The summed E-state index contributed by atoms with van der Waals surface area (Å²) in [5.74, 6) is 0. The first-order valence-corrected chi connectivity index (χ1v) is 5.17. The van der Waals surface area contributed by atoms with Crippen molar-refractivity contribution < 1.29 is 9.53 Å². The van der Waals surface area contributed by atoms with Gasteiger partial charge < -0.3 is 4.74 Å². The molecule has 0 atom stereocenters. The van der Waals surface area contributed by atoms with E-state index in [9.17, 15) is 4.79 Å². The van der Waals surface area contributed by atoms with Crippen LogP contribution in [0.25, 0.3) is 0 Å². The molecule has 2 heteroatoms. The summed E-state index contributed by atoms with van der Waals surface area (Å²) in [6.07, 6.45) is 1.77. The summed E-state index contributed by atoms with van der Waals surface area (Å²) in [5.41, 5.74) is 0.375. The van der Waals surface area contributed by atoms with Crippen molar-refractivity contribution in [2.75, 3.05) is 0 Å². The number of rotatable bonds is 4. The average Bonchev–Trinajstić information content (AvgIpc) is 1.78. The largest absolute Gasteiger partial charge is 0.454 e. The molecule has 0 unspecified atom stereocenters. The van der Waals surface area contributed by atoms with Crippen LogP contribution in [-0.2, 0) is 9.53 Å². The van der Waals surface area contributed by atoms with Crippen LogP contribution in [0.2, 0.25) is 0 Å². The second-order valence-electron chi connectivity index (χ2n) is 6.35. The summed E-state index contributed by atoms with van der Waals surface area (Å²) in [4.78, 5) is 10.2. The van der Waals surface area contributed by atoms with E-state index in [2.05, 4.69) is 41.5 Å². The minimum Gasteiger partial charge on any atom is -0.454 e. The van der Waals surface area contributed by atoms with Crippen molar-refractivity contribution in [1.82, 2.24) is 0 Å². The van der Waals surface area contributed by atoms with Crippen LogP contribution in [0.1, 0.15) is 54.4 Å². The highest BCUT2D eigenvalue weighted by Gasteiger charge is 2.24. The summed E-state index contributed by atoms with van der Waals surface area (Å²) in [7, 11) is 0. The molecule has 0 N–H and O–H groups in total. The van der Waals surface area contributed by atoms with Crippen molar-refractivity contribution in [1.29, 1.82) is 0 Å². The van der Waals surface area contributed by atoms with Crippen molar-refractivity contribution in [3.8, 4) is 0 Å². The SMILES string of the molecule is CC(C)(C)CC(CC(C)(C)C)O[C]=O. The summed E-state index contributed by atoms with van der Waals surface area (Å²) in [5, 5.41) is 0. The third-order valence-corrected chi connectivity index (χ3v) is 1.89. The molecule has 0 aromatic carbocycles. The molecule has 0 aromatic heterocycles. The van der Waals surface area contributed by atoms with E-state index in [1.807, 2.05) is 0 Å². The molecular weight excluding hydrogens is 176 g/mol. The van der Waals surface area contributed by atoms with E-state index in [1.165, 1.54) is 0 Å². The molecule has 0 saturated heterocycles. The van der Waals surface area contributed by atoms with Gasteiger partial charge in [-0.15, -0.1) is 0 Å². The molecule has 83 valence electrons. The zero-order valence-corrected chi connectivity index (χ0v) is 10.3. The van der Waals surface area contributed by atoms with Gasteiger partial charge in [-0.1, -0.05) is 41.5 Å². The Morgan fingerprint density at radius 3 is 1.57 bits per heavy atom. The van der Waals surface area contributed by atoms with E-state index >= 15 is 0 Å². The van der Waals surface area contributed by atoms with Crippen molar-refractivity contribution in [2.24, 2.45) is 10.8 Å². The van der Waals surface area contributed by atoms with Crippen LogP contribution >= 0.6 is 0 Å². The molecule has 0 aromatic rings. The lowest BCUT2D eigenvalue weighted by atomic mass is 9.82. The normalized spacial score (nSPS) is 13.1. The first kappa shape index (κ1) is 13.5. The Morgan fingerprint density at radius 1 is 1.00 bits per heavy atom. The number of carbonyl (C=O) groups excluding carboxylic acids is 1. The lowest BCUT2D eigenvalue weighted by Crippen LogP contribution is -2.25. The van der Waals surface area contributed by atoms with Gasteiger partial charge in [0, 0.05) is 0 Å². The van der Waals surface area contributed by atoms with Gasteiger partial charge in [0.25, 0.3) is 0 Å². The van der Waals surface area contributed by atoms with E-state index in [0.29, 0.717) is 0 Å². The third kappa shape index (κ3) is 8.09. The molecule has 0 heterocycles. The molecule has 0 rings (SSSR count). The molecule has 0 fully saturated rings. The molecule has 0 aliphatic rings. The van der Waals surface area contributed by atoms with Crippen LogP contribution < -0.4 is 0 Å². The molecule has 0 aliphatic carbocycles. The van der Waals surface area contributed by atoms with Gasteiger partial charge in [0.2, 0.25) is 0 Å². The number of ether oxygens (including phenoxy) is 1. The smallest absolute Gasteiger partial charge is 0.417 e. The second kappa shape index (κ2) is 4.81. The quantitative estimate of drug-likeness (QED) is 0.694. The first-order valence-electron chi connectivity index (χ1n) is 5.17. The average molecular weight is 199 g/mol. The highest BCUT2D eigenvalue weighted by Crippen LogP contribution is 2.29. The zero-order valence-electron chi connectivity index (χ0n) is 10.3. The van der Waals surface area contributed by atoms with E-state index < -0.39 is 0 Å². The fourth-order valence-corrected chi connectivity index (χ4v) is 1.59. The van der Waals surface area contributed by atoms with Gasteiger partial charge in [-0.05, 0) is 23.7 Å². The highest BCUT2D eigenvalue weighted by molar-refractivity contribution is 5.38. The molecule has 0 bridgehead atoms. The maximum absolute atomic E-state index is 10.2. The molecule has 0 spiro atoms. The van der Waals surface area contributed by atoms with Gasteiger partial charge in [-0.25, -0.2) is 4.79 Å². The fourth-order valence-electron chi connectivity index (χ4n) is 1.59. The third-order valence-electron chi connectivity index (χ3n) is 1.89. The van der Waals surface area contributed by atoms with Crippen LogP contribution in [0.3, 0.4) is 0 Å². The number of hydrogen-bond acceptors (Lipinski definition) is 2. The maximum atomic E-state index is 10.2. The van der Waals surface area contributed by atoms with Crippen molar-refractivity contribution in [3.05, 3.63) is 0 Å². The van der Waals surface area contributed by atoms with Crippen LogP contribution in [0, 0.1) is 10.8 Å². The standard InChI is InChI=1S/C12H23O2/c1-11(2,3)7-10(14-9-13)8-12(4,5)6/h10H,7-8H2,1-6H3. The lowest BCUT2D eigenvalue weighted by molar-refractivity contribution is 0.0872. The molecule has 14 heavy (non-hydrogen) atoms.